The first-order chi connectivity index (χ1) is 15.7. The Bertz CT molecular complexity index is 1050. The van der Waals surface area contributed by atoms with Gasteiger partial charge in [-0.15, -0.1) is 0 Å². The highest BCUT2D eigenvalue weighted by molar-refractivity contribution is 7.89. The molecule has 1 aliphatic heterocycles. The number of carbonyl (C=O) groups excluding carboxylic acids is 1. The van der Waals surface area contributed by atoms with E-state index in [0.29, 0.717) is 28.9 Å². The molecule has 0 unspecified atom stereocenters. The van der Waals surface area contributed by atoms with E-state index in [1.165, 1.54) is 26.2 Å². The van der Waals surface area contributed by atoms with Crippen LogP contribution in [0, 0.1) is 5.92 Å². The quantitative estimate of drug-likeness (QED) is 0.517. The van der Waals surface area contributed by atoms with Crippen molar-refractivity contribution in [3.63, 3.8) is 0 Å². The molecular formula is C23H29Cl2N3O4S. The first kappa shape index (κ1) is 25.8. The second-order valence-electron chi connectivity index (χ2n) is 8.18. The second kappa shape index (κ2) is 11.5. The van der Waals surface area contributed by atoms with E-state index < -0.39 is 10.0 Å². The molecule has 180 valence electrons. The van der Waals surface area contributed by atoms with Crippen molar-refractivity contribution in [3.05, 3.63) is 58.1 Å². The molecule has 10 heteroatoms. The lowest BCUT2D eigenvalue weighted by Crippen LogP contribution is -2.41. The van der Waals surface area contributed by atoms with Crippen LogP contribution in [0.15, 0.2) is 47.4 Å². The number of hydrogen-bond acceptors (Lipinski definition) is 5. The molecular weight excluding hydrogens is 485 g/mol. The summed E-state index contributed by atoms with van der Waals surface area (Å²) in [6, 6.07) is 11.8. The van der Waals surface area contributed by atoms with Gasteiger partial charge in [0.05, 0.1) is 11.4 Å². The highest BCUT2D eigenvalue weighted by Gasteiger charge is 2.25. The fourth-order valence-electron chi connectivity index (χ4n) is 3.65. The maximum absolute atomic E-state index is 12.5. The molecule has 2 aromatic rings. The predicted octanol–water partition coefficient (Wildman–Crippen LogP) is 3.65. The van der Waals surface area contributed by atoms with Crippen LogP contribution in [0.25, 0.3) is 0 Å². The fourth-order valence-corrected chi connectivity index (χ4v) is 5.02. The number of amides is 1. The van der Waals surface area contributed by atoms with Crippen LogP contribution in [-0.2, 0) is 21.4 Å². The minimum absolute atomic E-state index is 0.0162. The number of rotatable bonds is 9. The summed E-state index contributed by atoms with van der Waals surface area (Å²) in [6.45, 7) is 3.09. The predicted molar refractivity (Wildman–Crippen MR) is 130 cm³/mol. The van der Waals surface area contributed by atoms with Crippen LogP contribution >= 0.6 is 23.2 Å². The molecule has 0 atom stereocenters. The first-order valence-corrected chi connectivity index (χ1v) is 13.0. The van der Waals surface area contributed by atoms with Gasteiger partial charge in [-0.25, -0.2) is 12.7 Å². The van der Waals surface area contributed by atoms with Crippen LogP contribution in [0.2, 0.25) is 10.0 Å². The Morgan fingerprint density at radius 3 is 2.39 bits per heavy atom. The Morgan fingerprint density at radius 1 is 1.12 bits per heavy atom. The van der Waals surface area contributed by atoms with E-state index in [9.17, 15) is 13.2 Å². The van der Waals surface area contributed by atoms with Gasteiger partial charge in [0.15, 0.2) is 0 Å². The highest BCUT2D eigenvalue weighted by atomic mass is 35.5. The number of piperidine rings is 1. The Kier molecular flexibility index (Phi) is 9.01. The number of halogens is 2. The number of likely N-dealkylation sites (tertiary alicyclic amines) is 1. The summed E-state index contributed by atoms with van der Waals surface area (Å²) in [4.78, 5) is 15.0. The lowest BCUT2D eigenvalue weighted by Gasteiger charge is -2.31. The van der Waals surface area contributed by atoms with Gasteiger partial charge in [-0.2, -0.15) is 0 Å². The van der Waals surface area contributed by atoms with Crippen molar-refractivity contribution in [1.29, 1.82) is 0 Å². The summed E-state index contributed by atoms with van der Waals surface area (Å²) in [5, 5.41) is 4.22. The van der Waals surface area contributed by atoms with Gasteiger partial charge < -0.3 is 10.1 Å². The van der Waals surface area contributed by atoms with Gasteiger partial charge in [-0.05, 0) is 67.9 Å². The van der Waals surface area contributed by atoms with E-state index in [4.69, 9.17) is 27.9 Å². The van der Waals surface area contributed by atoms with Crippen LogP contribution in [0.4, 0.5) is 0 Å². The maximum Gasteiger partial charge on any atom is 0.242 e. The number of carbonyl (C=O) groups is 1. The highest BCUT2D eigenvalue weighted by Crippen LogP contribution is 2.25. The Balaban J connectivity index is 1.37. The smallest absolute Gasteiger partial charge is 0.242 e. The number of nitrogens with one attached hydrogen (secondary N) is 1. The summed E-state index contributed by atoms with van der Waals surface area (Å²) in [5.41, 5.74) is 1.04. The minimum Gasteiger partial charge on any atom is -0.492 e. The second-order valence-corrected chi connectivity index (χ2v) is 11.2. The lowest BCUT2D eigenvalue weighted by atomic mass is 9.95. The topological polar surface area (TPSA) is 79.0 Å². The number of benzene rings is 2. The largest absolute Gasteiger partial charge is 0.492 e. The van der Waals surface area contributed by atoms with Crippen molar-refractivity contribution < 1.29 is 17.9 Å². The zero-order valence-electron chi connectivity index (χ0n) is 18.8. The van der Waals surface area contributed by atoms with Crippen LogP contribution in [0.5, 0.6) is 5.75 Å². The van der Waals surface area contributed by atoms with Gasteiger partial charge in [0.1, 0.15) is 12.4 Å². The van der Waals surface area contributed by atoms with Crippen LogP contribution in [0.3, 0.4) is 0 Å². The van der Waals surface area contributed by atoms with E-state index in [2.05, 4.69) is 10.2 Å². The van der Waals surface area contributed by atoms with E-state index >= 15 is 0 Å². The van der Waals surface area contributed by atoms with Gasteiger partial charge >= 0.3 is 0 Å². The van der Waals surface area contributed by atoms with E-state index in [0.717, 1.165) is 42.3 Å². The average Bonchev–Trinajstić information content (AvgIpc) is 2.79. The van der Waals surface area contributed by atoms with E-state index in [1.807, 2.05) is 12.1 Å². The number of ether oxygens (including phenoxy) is 1. The standard InChI is InChI=1S/C23H29Cl2N3O4S/c1-27(2)33(30,31)21-7-5-20(6-8-21)32-14-11-26-23(29)17-9-12-28(13-10-17)16-18-3-4-19(24)15-22(18)25/h3-8,15,17H,9-14,16H2,1-2H3,(H,26,29). The molecule has 1 saturated heterocycles. The summed E-state index contributed by atoms with van der Waals surface area (Å²) in [6.07, 6.45) is 1.58. The van der Waals surface area contributed by atoms with Crippen molar-refractivity contribution in [3.8, 4) is 5.75 Å². The Hall–Kier alpha value is -1.84. The van der Waals surface area contributed by atoms with Crippen molar-refractivity contribution in [1.82, 2.24) is 14.5 Å². The van der Waals surface area contributed by atoms with Crippen molar-refractivity contribution in [2.45, 2.75) is 24.3 Å². The van der Waals surface area contributed by atoms with Crippen LogP contribution in [0.1, 0.15) is 18.4 Å². The van der Waals surface area contributed by atoms with Crippen molar-refractivity contribution >= 4 is 39.1 Å². The molecule has 1 amide bonds. The Labute approximate surface area is 205 Å². The molecule has 0 aliphatic carbocycles. The number of nitrogens with zero attached hydrogens (tertiary/aromatic N) is 2. The molecule has 33 heavy (non-hydrogen) atoms. The summed E-state index contributed by atoms with van der Waals surface area (Å²) in [7, 11) is -0.488. The molecule has 1 heterocycles. The molecule has 0 saturated carbocycles. The zero-order valence-corrected chi connectivity index (χ0v) is 21.1. The van der Waals surface area contributed by atoms with Crippen LogP contribution < -0.4 is 10.1 Å². The van der Waals surface area contributed by atoms with Gasteiger partial charge in [0.2, 0.25) is 15.9 Å². The molecule has 3 rings (SSSR count). The number of hydrogen-bond donors (Lipinski definition) is 1. The summed E-state index contributed by atoms with van der Waals surface area (Å²) >= 11 is 12.2. The fraction of sp³-hybridized carbons (Fsp3) is 0.435. The van der Waals surface area contributed by atoms with Gasteiger partial charge in [-0.3, -0.25) is 9.69 Å². The van der Waals surface area contributed by atoms with Crippen LogP contribution in [-0.4, -0.2) is 63.9 Å². The molecule has 1 aliphatic rings. The zero-order chi connectivity index (χ0) is 24.0. The molecule has 0 radical (unpaired) electrons. The minimum atomic E-state index is -3.46. The number of sulfonamides is 1. The molecule has 2 aromatic carbocycles. The molecule has 1 fully saturated rings. The monoisotopic (exact) mass is 513 g/mol. The third kappa shape index (κ3) is 7.07. The molecule has 0 aromatic heterocycles. The third-order valence-electron chi connectivity index (χ3n) is 5.64. The molecule has 1 N–H and O–H groups in total. The third-order valence-corrected chi connectivity index (χ3v) is 8.06. The summed E-state index contributed by atoms with van der Waals surface area (Å²) < 4.78 is 31.0. The normalized spacial score (nSPS) is 15.5. The van der Waals surface area contributed by atoms with E-state index in [-0.39, 0.29) is 16.7 Å². The van der Waals surface area contributed by atoms with Gasteiger partial charge in [0.25, 0.3) is 0 Å². The van der Waals surface area contributed by atoms with Crippen molar-refractivity contribution in [2.24, 2.45) is 5.92 Å². The molecule has 0 bridgehead atoms. The Morgan fingerprint density at radius 2 is 1.79 bits per heavy atom. The molecule has 7 nitrogen and oxygen atoms in total. The lowest BCUT2D eigenvalue weighted by molar-refractivity contribution is -0.126. The SMILES string of the molecule is CN(C)S(=O)(=O)c1ccc(OCCNC(=O)C2CCN(Cc3ccc(Cl)cc3Cl)CC2)cc1. The van der Waals surface area contributed by atoms with E-state index in [1.54, 1.807) is 18.2 Å². The average molecular weight is 514 g/mol. The molecule has 0 spiro atoms. The summed E-state index contributed by atoms with van der Waals surface area (Å²) in [5.74, 6) is 0.573. The van der Waals surface area contributed by atoms with Gasteiger partial charge in [0, 0.05) is 36.6 Å². The maximum atomic E-state index is 12.5. The first-order valence-electron chi connectivity index (χ1n) is 10.8. The van der Waals surface area contributed by atoms with Gasteiger partial charge in [-0.1, -0.05) is 29.3 Å². The van der Waals surface area contributed by atoms with Crippen molar-refractivity contribution in [2.75, 3.05) is 40.3 Å².